The molecule has 1 fully saturated rings. The Morgan fingerprint density at radius 3 is 2.59 bits per heavy atom. The lowest BCUT2D eigenvalue weighted by atomic mass is 9.73. The third-order valence-electron chi connectivity index (χ3n) is 7.44. The van der Waals surface area contributed by atoms with Crippen LogP contribution < -0.4 is 19.7 Å². The lowest BCUT2D eigenvalue weighted by Crippen LogP contribution is -2.64. The Balaban J connectivity index is 1.56. The van der Waals surface area contributed by atoms with E-state index in [2.05, 4.69) is 24.9 Å². The van der Waals surface area contributed by atoms with Crippen LogP contribution in [0, 0.1) is 5.82 Å². The molecule has 41 heavy (non-hydrogen) atoms. The van der Waals surface area contributed by atoms with E-state index in [0.29, 0.717) is 54.9 Å². The number of likely N-dealkylation sites (N-methyl/N-ethyl adjacent to an activating group) is 1. The van der Waals surface area contributed by atoms with E-state index in [1.807, 2.05) is 13.8 Å². The van der Waals surface area contributed by atoms with Crippen molar-refractivity contribution >= 4 is 38.2 Å². The zero-order valence-corrected chi connectivity index (χ0v) is 24.6. The smallest absolute Gasteiger partial charge is 0.240 e. The third kappa shape index (κ3) is 5.59. The number of methoxy groups -OCH3 is 1. The van der Waals surface area contributed by atoms with Crippen molar-refractivity contribution in [3.63, 3.8) is 0 Å². The first-order chi connectivity index (χ1) is 19.4. The highest BCUT2D eigenvalue weighted by Crippen LogP contribution is 2.50. The predicted octanol–water partition coefficient (Wildman–Crippen LogP) is 2.36. The summed E-state index contributed by atoms with van der Waals surface area (Å²) >= 11 is 0. The number of anilines is 2. The van der Waals surface area contributed by atoms with Gasteiger partial charge in [-0.05, 0) is 12.1 Å². The van der Waals surface area contributed by atoms with Gasteiger partial charge in [0.2, 0.25) is 21.8 Å². The van der Waals surface area contributed by atoms with E-state index >= 15 is 4.39 Å². The molecule has 1 amide bonds. The number of nitrogens with one attached hydrogen (secondary N) is 2. The second kappa shape index (κ2) is 11.1. The molecule has 0 bridgehead atoms. The van der Waals surface area contributed by atoms with Gasteiger partial charge in [-0.3, -0.25) is 19.4 Å². The monoisotopic (exact) mass is 586 g/mol. The molecule has 2 aliphatic heterocycles. The van der Waals surface area contributed by atoms with Crippen LogP contribution >= 0.6 is 0 Å². The second-order valence-electron chi connectivity index (χ2n) is 10.9. The zero-order chi connectivity index (χ0) is 29.5. The van der Waals surface area contributed by atoms with Crippen molar-refractivity contribution in [2.45, 2.75) is 25.3 Å². The summed E-state index contributed by atoms with van der Waals surface area (Å²) in [5.41, 5.74) is 1.86. The van der Waals surface area contributed by atoms with Crippen LogP contribution in [0.2, 0.25) is 0 Å². The number of ether oxygens (including phenoxy) is 2. The molecule has 220 valence electrons. The second-order valence-corrected chi connectivity index (χ2v) is 12.7. The molecular weight excluding hydrogens is 551 g/mol. The summed E-state index contributed by atoms with van der Waals surface area (Å²) in [5.74, 6) is -0.477. The van der Waals surface area contributed by atoms with Gasteiger partial charge in [0.15, 0.2) is 0 Å². The minimum absolute atomic E-state index is 0.0175. The molecule has 5 rings (SSSR count). The Labute approximate surface area is 239 Å². The highest BCUT2D eigenvalue weighted by Gasteiger charge is 2.57. The number of aromatic nitrogens is 2. The molecule has 0 unspecified atom stereocenters. The number of carbonyl (C=O) groups is 1. The maximum atomic E-state index is 15.5. The molecule has 3 aromatic rings. The van der Waals surface area contributed by atoms with Crippen molar-refractivity contribution in [1.29, 1.82) is 0 Å². The van der Waals surface area contributed by atoms with Crippen molar-refractivity contribution in [3.8, 4) is 17.0 Å². The Bertz CT molecular complexity index is 1590. The molecule has 0 aliphatic carbocycles. The SMILES string of the molecule is COCCN1CC2(C1)C(=O)N(C)c1cnc3cc(F)c(-c4cnc(OCCNC(C)C)c(NS(C)(=O)=O)c4)cc3c12. The van der Waals surface area contributed by atoms with Gasteiger partial charge in [-0.2, -0.15) is 0 Å². The number of hydrogen-bond acceptors (Lipinski definition) is 9. The molecule has 4 heterocycles. The molecule has 0 saturated carbocycles. The molecule has 0 atom stereocenters. The number of halogens is 1. The molecule has 1 saturated heterocycles. The van der Waals surface area contributed by atoms with E-state index in [9.17, 15) is 13.2 Å². The summed E-state index contributed by atoms with van der Waals surface area (Å²) in [7, 11) is -0.305. The Morgan fingerprint density at radius 1 is 1.15 bits per heavy atom. The van der Waals surface area contributed by atoms with Crippen LogP contribution in [0.3, 0.4) is 0 Å². The van der Waals surface area contributed by atoms with Crippen LogP contribution in [0.25, 0.3) is 22.0 Å². The number of rotatable bonds is 11. The minimum atomic E-state index is -3.68. The molecule has 2 N–H and O–H groups in total. The summed E-state index contributed by atoms with van der Waals surface area (Å²) in [6.07, 6.45) is 4.09. The van der Waals surface area contributed by atoms with Crippen LogP contribution in [0.5, 0.6) is 5.88 Å². The van der Waals surface area contributed by atoms with E-state index in [1.165, 1.54) is 18.3 Å². The summed E-state index contributed by atoms with van der Waals surface area (Å²) in [5, 5.41) is 3.88. The van der Waals surface area contributed by atoms with Gasteiger partial charge < -0.3 is 19.7 Å². The van der Waals surface area contributed by atoms with Crippen LogP contribution in [-0.4, -0.2) is 95.0 Å². The first-order valence-electron chi connectivity index (χ1n) is 13.4. The van der Waals surface area contributed by atoms with Gasteiger partial charge in [0, 0.05) is 80.7 Å². The third-order valence-corrected chi connectivity index (χ3v) is 8.03. The maximum absolute atomic E-state index is 15.5. The number of carbonyl (C=O) groups excluding carboxylic acids is 1. The minimum Gasteiger partial charge on any atom is -0.475 e. The predicted molar refractivity (Wildman–Crippen MR) is 155 cm³/mol. The van der Waals surface area contributed by atoms with Gasteiger partial charge in [-0.25, -0.2) is 17.8 Å². The summed E-state index contributed by atoms with van der Waals surface area (Å²) in [6.45, 7) is 7.13. The average molecular weight is 587 g/mol. The molecule has 1 spiro atoms. The quantitative estimate of drug-likeness (QED) is 0.326. The zero-order valence-electron chi connectivity index (χ0n) is 23.8. The van der Waals surface area contributed by atoms with Gasteiger partial charge in [0.1, 0.15) is 23.5 Å². The lowest BCUT2D eigenvalue weighted by Gasteiger charge is -2.47. The van der Waals surface area contributed by atoms with Crippen LogP contribution in [-0.2, 0) is 25.0 Å². The number of fused-ring (bicyclic) bond motifs is 4. The number of likely N-dealkylation sites (tertiary alicyclic amines) is 1. The van der Waals surface area contributed by atoms with E-state index in [0.717, 1.165) is 11.8 Å². The Hall–Kier alpha value is -3.39. The van der Waals surface area contributed by atoms with Gasteiger partial charge >= 0.3 is 0 Å². The number of sulfonamides is 1. The van der Waals surface area contributed by atoms with E-state index in [-0.39, 0.29) is 35.7 Å². The van der Waals surface area contributed by atoms with Crippen molar-refractivity contribution in [3.05, 3.63) is 42.0 Å². The first-order valence-corrected chi connectivity index (χ1v) is 15.3. The molecule has 11 nitrogen and oxygen atoms in total. The molecule has 2 aromatic heterocycles. The van der Waals surface area contributed by atoms with Crippen LogP contribution in [0.4, 0.5) is 15.8 Å². The standard InChI is InChI=1S/C28H35FN6O5S/c1-17(2)30-6-8-40-26-23(33-41(5,37)38)10-18(13-32-26)19-11-20-22(12-21(19)29)31-14-24-25(20)28(27(36)34(24)3)15-35(16-28)7-9-39-4/h10-14,17,30,33H,6-9,15-16H2,1-5H3. The summed E-state index contributed by atoms with van der Waals surface area (Å²) < 4.78 is 53.2. The number of hydrogen-bond donors (Lipinski definition) is 2. The van der Waals surface area contributed by atoms with Crippen molar-refractivity contribution in [2.75, 3.05) is 69.4 Å². The van der Waals surface area contributed by atoms with E-state index < -0.39 is 21.3 Å². The largest absolute Gasteiger partial charge is 0.475 e. The number of amides is 1. The molecule has 2 aliphatic rings. The van der Waals surface area contributed by atoms with Gasteiger partial charge in [0.25, 0.3) is 0 Å². The van der Waals surface area contributed by atoms with E-state index in [1.54, 1.807) is 31.3 Å². The Morgan fingerprint density at radius 2 is 1.90 bits per heavy atom. The number of benzene rings is 1. The van der Waals surface area contributed by atoms with Crippen LogP contribution in [0.1, 0.15) is 19.4 Å². The molecule has 0 radical (unpaired) electrons. The van der Waals surface area contributed by atoms with Crippen molar-refractivity contribution < 1.29 is 27.1 Å². The number of nitrogens with zero attached hydrogens (tertiary/aromatic N) is 4. The Kier molecular flexibility index (Phi) is 7.90. The topological polar surface area (TPSA) is 126 Å². The first kappa shape index (κ1) is 29.1. The lowest BCUT2D eigenvalue weighted by molar-refractivity contribution is -0.129. The maximum Gasteiger partial charge on any atom is 0.240 e. The van der Waals surface area contributed by atoms with Crippen LogP contribution in [0.15, 0.2) is 30.6 Å². The van der Waals surface area contributed by atoms with Gasteiger partial charge in [-0.1, -0.05) is 13.8 Å². The fourth-order valence-corrected chi connectivity index (χ4v) is 6.14. The number of pyridine rings is 2. The van der Waals surface area contributed by atoms with E-state index in [4.69, 9.17) is 9.47 Å². The summed E-state index contributed by atoms with van der Waals surface area (Å²) in [6, 6.07) is 4.78. The fourth-order valence-electron chi connectivity index (χ4n) is 5.59. The fraction of sp³-hybridized carbons (Fsp3) is 0.464. The average Bonchev–Trinajstić information content (AvgIpc) is 3.11. The van der Waals surface area contributed by atoms with Crippen molar-refractivity contribution in [1.82, 2.24) is 20.2 Å². The highest BCUT2D eigenvalue weighted by molar-refractivity contribution is 7.92. The highest BCUT2D eigenvalue weighted by atomic mass is 32.2. The molecule has 13 heteroatoms. The van der Waals surface area contributed by atoms with Gasteiger partial charge in [-0.15, -0.1) is 0 Å². The van der Waals surface area contributed by atoms with Gasteiger partial charge in [0.05, 0.1) is 30.3 Å². The molecular formula is C28H35FN6O5S. The summed E-state index contributed by atoms with van der Waals surface area (Å²) in [4.78, 5) is 26.0. The van der Waals surface area contributed by atoms with Crippen molar-refractivity contribution in [2.24, 2.45) is 0 Å². The molecule has 1 aromatic carbocycles. The normalized spacial score (nSPS) is 16.5.